The maximum absolute atomic E-state index is 11.7. The summed E-state index contributed by atoms with van der Waals surface area (Å²) in [6.07, 6.45) is 1.44. The topological polar surface area (TPSA) is 50.6 Å². The van der Waals surface area contributed by atoms with Gasteiger partial charge in [0.25, 0.3) is 0 Å². The summed E-state index contributed by atoms with van der Waals surface area (Å²) in [5, 5.41) is 9.24. The second-order valence-electron chi connectivity index (χ2n) is 4.70. The number of likely N-dealkylation sites (tertiary alicyclic amines) is 1. The highest BCUT2D eigenvalue weighted by molar-refractivity contribution is 5.73. The lowest BCUT2D eigenvalue weighted by Gasteiger charge is -2.41. The van der Waals surface area contributed by atoms with E-state index in [4.69, 9.17) is 0 Å². The van der Waals surface area contributed by atoms with Gasteiger partial charge in [-0.1, -0.05) is 0 Å². The van der Waals surface area contributed by atoms with Crippen molar-refractivity contribution in [1.82, 2.24) is 14.7 Å². The van der Waals surface area contributed by atoms with Gasteiger partial charge in [0.15, 0.2) is 0 Å². The van der Waals surface area contributed by atoms with Crippen LogP contribution in [-0.2, 0) is 0 Å². The monoisotopic (exact) mass is 224 g/mol. The first-order valence-electron chi connectivity index (χ1n) is 5.48. The van der Waals surface area contributed by atoms with Crippen LogP contribution < -0.4 is 0 Å². The number of nitrogens with zero attached hydrogens (tertiary/aromatic N) is 4. The van der Waals surface area contributed by atoms with Gasteiger partial charge < -0.3 is 9.80 Å². The van der Waals surface area contributed by atoms with Crippen molar-refractivity contribution in [2.24, 2.45) is 0 Å². The van der Waals surface area contributed by atoms with Gasteiger partial charge in [-0.05, 0) is 26.9 Å². The molecule has 0 aromatic heterocycles. The van der Waals surface area contributed by atoms with Crippen LogP contribution in [0, 0.1) is 11.3 Å². The van der Waals surface area contributed by atoms with Crippen molar-refractivity contribution in [2.45, 2.75) is 18.4 Å². The highest BCUT2D eigenvalue weighted by atomic mass is 16.2. The molecule has 1 saturated heterocycles. The minimum absolute atomic E-state index is 0.0327. The summed E-state index contributed by atoms with van der Waals surface area (Å²) in [5.74, 6) is 0. The summed E-state index contributed by atoms with van der Waals surface area (Å²) in [6.45, 7) is 1.31. The van der Waals surface area contributed by atoms with Crippen LogP contribution >= 0.6 is 0 Å². The molecule has 5 nitrogen and oxygen atoms in total. The molecule has 0 N–H and O–H groups in total. The fourth-order valence-electron chi connectivity index (χ4n) is 2.01. The zero-order valence-corrected chi connectivity index (χ0v) is 10.5. The van der Waals surface area contributed by atoms with E-state index in [2.05, 4.69) is 6.07 Å². The number of hydrogen-bond donors (Lipinski definition) is 0. The molecule has 0 saturated carbocycles. The van der Waals surface area contributed by atoms with Crippen LogP contribution in [0.4, 0.5) is 4.79 Å². The van der Waals surface area contributed by atoms with Crippen LogP contribution in [0.25, 0.3) is 0 Å². The van der Waals surface area contributed by atoms with Gasteiger partial charge in [-0.25, -0.2) is 4.79 Å². The molecule has 1 aliphatic rings. The van der Waals surface area contributed by atoms with Crippen LogP contribution in [0.5, 0.6) is 0 Å². The lowest BCUT2D eigenvalue weighted by atomic mass is 9.88. The van der Waals surface area contributed by atoms with E-state index in [1.807, 2.05) is 19.0 Å². The average Bonchev–Trinajstić information content (AvgIpc) is 2.27. The third-order valence-corrected chi connectivity index (χ3v) is 3.31. The van der Waals surface area contributed by atoms with Gasteiger partial charge in [0, 0.05) is 27.2 Å². The number of amides is 2. The van der Waals surface area contributed by atoms with Crippen molar-refractivity contribution in [1.29, 1.82) is 5.26 Å². The van der Waals surface area contributed by atoms with E-state index >= 15 is 0 Å². The Morgan fingerprint density at radius 1 is 1.25 bits per heavy atom. The van der Waals surface area contributed by atoms with Crippen molar-refractivity contribution in [2.75, 3.05) is 41.3 Å². The maximum Gasteiger partial charge on any atom is 0.319 e. The van der Waals surface area contributed by atoms with Gasteiger partial charge in [0.05, 0.1) is 6.07 Å². The molecule has 0 spiro atoms. The number of rotatable bonds is 1. The highest BCUT2D eigenvalue weighted by Gasteiger charge is 2.38. The first kappa shape index (κ1) is 12.8. The number of piperidine rings is 1. The van der Waals surface area contributed by atoms with Crippen LogP contribution in [0.1, 0.15) is 12.8 Å². The first-order valence-corrected chi connectivity index (χ1v) is 5.48. The zero-order valence-electron chi connectivity index (χ0n) is 10.5. The lowest BCUT2D eigenvalue weighted by molar-refractivity contribution is 0.0994. The van der Waals surface area contributed by atoms with Gasteiger partial charge in [0.1, 0.15) is 5.54 Å². The molecule has 16 heavy (non-hydrogen) atoms. The Bertz CT molecular complexity index is 298. The Hall–Kier alpha value is -1.28. The third kappa shape index (κ3) is 2.27. The molecule has 1 rings (SSSR count). The predicted molar refractivity (Wildman–Crippen MR) is 61.9 cm³/mol. The summed E-state index contributed by atoms with van der Waals surface area (Å²) in [7, 11) is 7.35. The van der Waals surface area contributed by atoms with Crippen molar-refractivity contribution in [3.8, 4) is 6.07 Å². The molecule has 1 fully saturated rings. The molecule has 0 aromatic carbocycles. The molecule has 0 atom stereocenters. The van der Waals surface area contributed by atoms with E-state index in [0.717, 1.165) is 12.8 Å². The SMILES string of the molecule is CN(C)C(=O)N1CCC(C#N)(N(C)C)CC1. The number of carbonyl (C=O) groups excluding carboxylic acids is 1. The van der Waals surface area contributed by atoms with Crippen LogP contribution in [0.2, 0.25) is 0 Å². The minimum Gasteiger partial charge on any atom is -0.331 e. The fourth-order valence-corrected chi connectivity index (χ4v) is 2.01. The van der Waals surface area contributed by atoms with Gasteiger partial charge >= 0.3 is 6.03 Å². The van der Waals surface area contributed by atoms with E-state index in [0.29, 0.717) is 13.1 Å². The van der Waals surface area contributed by atoms with Crippen molar-refractivity contribution < 1.29 is 4.79 Å². The summed E-state index contributed by atoms with van der Waals surface area (Å²) in [6, 6.07) is 2.41. The fraction of sp³-hybridized carbons (Fsp3) is 0.818. The summed E-state index contributed by atoms with van der Waals surface area (Å²) >= 11 is 0. The number of hydrogen-bond acceptors (Lipinski definition) is 3. The normalized spacial score (nSPS) is 19.4. The van der Waals surface area contributed by atoms with Crippen molar-refractivity contribution >= 4 is 6.03 Å². The maximum atomic E-state index is 11.7. The quantitative estimate of drug-likeness (QED) is 0.655. The molecule has 0 bridgehead atoms. The molecular formula is C11H20N4O. The summed E-state index contributed by atoms with van der Waals surface area (Å²) in [5.41, 5.74) is -0.400. The molecule has 2 amide bonds. The van der Waals surface area contributed by atoms with Gasteiger partial charge in [-0.2, -0.15) is 5.26 Å². The highest BCUT2D eigenvalue weighted by Crippen LogP contribution is 2.26. The number of urea groups is 1. The number of carbonyl (C=O) groups is 1. The van der Waals surface area contributed by atoms with Gasteiger partial charge in [-0.3, -0.25) is 4.90 Å². The molecule has 0 radical (unpaired) electrons. The molecule has 5 heteroatoms. The Morgan fingerprint density at radius 3 is 2.06 bits per heavy atom. The Labute approximate surface area is 97.2 Å². The van der Waals surface area contributed by atoms with Crippen molar-refractivity contribution in [3.63, 3.8) is 0 Å². The lowest BCUT2D eigenvalue weighted by Crippen LogP contribution is -2.54. The zero-order chi connectivity index (χ0) is 12.3. The van der Waals surface area contributed by atoms with E-state index in [1.165, 1.54) is 0 Å². The van der Waals surface area contributed by atoms with Crippen LogP contribution in [-0.4, -0.2) is 67.5 Å². The van der Waals surface area contributed by atoms with E-state index < -0.39 is 5.54 Å². The minimum atomic E-state index is -0.400. The molecule has 0 unspecified atom stereocenters. The Kier molecular flexibility index (Phi) is 3.76. The predicted octanol–water partition coefficient (Wildman–Crippen LogP) is 0.588. The Morgan fingerprint density at radius 2 is 1.75 bits per heavy atom. The first-order chi connectivity index (χ1) is 7.43. The molecule has 0 aromatic rings. The third-order valence-electron chi connectivity index (χ3n) is 3.31. The number of nitriles is 1. The molecule has 1 heterocycles. The average molecular weight is 224 g/mol. The van der Waals surface area contributed by atoms with Gasteiger partial charge in [0.2, 0.25) is 0 Å². The van der Waals surface area contributed by atoms with Gasteiger partial charge in [-0.15, -0.1) is 0 Å². The summed E-state index contributed by atoms with van der Waals surface area (Å²) < 4.78 is 0. The smallest absolute Gasteiger partial charge is 0.319 e. The molecular weight excluding hydrogens is 204 g/mol. The molecule has 1 aliphatic heterocycles. The van der Waals surface area contributed by atoms with E-state index in [9.17, 15) is 10.1 Å². The second-order valence-corrected chi connectivity index (χ2v) is 4.70. The molecule has 90 valence electrons. The van der Waals surface area contributed by atoms with E-state index in [-0.39, 0.29) is 6.03 Å². The summed E-state index contributed by atoms with van der Waals surface area (Å²) in [4.78, 5) is 17.1. The second kappa shape index (κ2) is 4.71. The molecule has 0 aliphatic carbocycles. The Balaban J connectivity index is 2.64. The largest absolute Gasteiger partial charge is 0.331 e. The van der Waals surface area contributed by atoms with E-state index in [1.54, 1.807) is 23.9 Å². The van der Waals surface area contributed by atoms with Crippen LogP contribution in [0.15, 0.2) is 0 Å². The van der Waals surface area contributed by atoms with Crippen molar-refractivity contribution in [3.05, 3.63) is 0 Å². The van der Waals surface area contributed by atoms with Crippen LogP contribution in [0.3, 0.4) is 0 Å². The standard InChI is InChI=1S/C11H20N4O/c1-13(2)10(16)15-7-5-11(9-12,6-8-15)14(3)4/h5-8H2,1-4H3.